The lowest BCUT2D eigenvalue weighted by Crippen LogP contribution is -2.26. The Bertz CT molecular complexity index is 1070. The lowest BCUT2D eigenvalue weighted by Gasteiger charge is -2.21. The molecule has 2 heterocycles. The van der Waals surface area contributed by atoms with E-state index in [1.165, 1.54) is 4.88 Å². The maximum atomic E-state index is 11.1. The lowest BCUT2D eigenvalue weighted by molar-refractivity contribution is -0.136. The highest BCUT2D eigenvalue weighted by atomic mass is 32.1. The molecule has 0 fully saturated rings. The van der Waals surface area contributed by atoms with Crippen LogP contribution in [0.25, 0.3) is 17.0 Å². The standard InChI is InChI=1S/C24H29N3O3S/c1-2-3-11-27(24-26-21-7-4-5-8-22(21)31-24)12-6-13-30-18-9-10-20-19(15-18)17(16-25-20)14-23(28)29/h4,7,9-10,15-16,25H,2-3,5-6,8,11-14H2,1H3,(H,28,29). The van der Waals surface area contributed by atoms with Crippen LogP contribution in [0.4, 0.5) is 5.13 Å². The fourth-order valence-electron chi connectivity index (χ4n) is 3.86. The fraction of sp³-hybridized carbons (Fsp3) is 0.417. The number of ether oxygens (including phenoxy) is 1. The van der Waals surface area contributed by atoms with Crippen molar-refractivity contribution in [3.05, 3.63) is 46.6 Å². The number of nitrogens with zero attached hydrogens (tertiary/aromatic N) is 2. The second-order valence-corrected chi connectivity index (χ2v) is 8.94. The minimum absolute atomic E-state index is 0.00280. The van der Waals surface area contributed by atoms with Crippen molar-refractivity contribution in [2.45, 2.75) is 45.4 Å². The average molecular weight is 440 g/mol. The van der Waals surface area contributed by atoms with Crippen molar-refractivity contribution in [3.63, 3.8) is 0 Å². The van der Waals surface area contributed by atoms with Gasteiger partial charge in [-0.1, -0.05) is 19.4 Å². The smallest absolute Gasteiger partial charge is 0.307 e. The van der Waals surface area contributed by atoms with Crippen molar-refractivity contribution in [2.75, 3.05) is 24.6 Å². The van der Waals surface area contributed by atoms with Crippen LogP contribution in [0.15, 0.2) is 30.5 Å². The van der Waals surface area contributed by atoms with Crippen LogP contribution >= 0.6 is 11.3 Å². The first-order valence-electron chi connectivity index (χ1n) is 11.0. The molecule has 7 heteroatoms. The number of unbranched alkanes of at least 4 members (excludes halogenated alkanes) is 1. The SMILES string of the molecule is CCCCN(CCCOc1ccc2[nH]cc(CC(=O)O)c2c1)c1nc2c(s1)CCC=C2. The maximum Gasteiger partial charge on any atom is 0.307 e. The number of aromatic amines is 1. The summed E-state index contributed by atoms with van der Waals surface area (Å²) in [5.41, 5.74) is 2.84. The largest absolute Gasteiger partial charge is 0.494 e. The third kappa shape index (κ3) is 5.28. The molecule has 0 atom stereocenters. The van der Waals surface area contributed by atoms with Crippen molar-refractivity contribution >= 4 is 39.4 Å². The van der Waals surface area contributed by atoms with Gasteiger partial charge in [0.25, 0.3) is 0 Å². The molecule has 4 rings (SSSR count). The molecule has 0 saturated carbocycles. The summed E-state index contributed by atoms with van der Waals surface area (Å²) in [5.74, 6) is -0.0626. The molecule has 0 radical (unpaired) electrons. The number of benzene rings is 1. The normalized spacial score (nSPS) is 12.8. The van der Waals surface area contributed by atoms with E-state index >= 15 is 0 Å². The Labute approximate surface area is 186 Å². The van der Waals surface area contributed by atoms with Gasteiger partial charge in [-0.15, -0.1) is 11.3 Å². The second-order valence-electron chi connectivity index (χ2n) is 7.88. The van der Waals surface area contributed by atoms with Gasteiger partial charge >= 0.3 is 5.97 Å². The summed E-state index contributed by atoms with van der Waals surface area (Å²) in [6.45, 7) is 4.75. The molecule has 0 amide bonds. The summed E-state index contributed by atoms with van der Waals surface area (Å²) in [6, 6.07) is 5.80. The number of allylic oxidation sites excluding steroid dienone is 1. The highest BCUT2D eigenvalue weighted by Gasteiger charge is 2.16. The summed E-state index contributed by atoms with van der Waals surface area (Å²) in [7, 11) is 0. The number of aromatic nitrogens is 2. The van der Waals surface area contributed by atoms with Crippen LogP contribution in [0.2, 0.25) is 0 Å². The molecule has 2 aromatic heterocycles. The van der Waals surface area contributed by atoms with Crippen LogP contribution in [0.5, 0.6) is 5.75 Å². The Balaban J connectivity index is 1.36. The molecule has 1 aliphatic rings. The zero-order valence-electron chi connectivity index (χ0n) is 17.9. The van der Waals surface area contributed by atoms with Crippen LogP contribution in [-0.4, -0.2) is 40.7 Å². The molecule has 0 unspecified atom stereocenters. The zero-order chi connectivity index (χ0) is 21.6. The molecule has 3 aromatic rings. The Kier molecular flexibility index (Phi) is 6.92. The highest BCUT2D eigenvalue weighted by molar-refractivity contribution is 7.15. The molecule has 1 aliphatic carbocycles. The number of rotatable bonds is 11. The van der Waals surface area contributed by atoms with Crippen molar-refractivity contribution in [3.8, 4) is 5.75 Å². The molecular weight excluding hydrogens is 410 g/mol. The zero-order valence-corrected chi connectivity index (χ0v) is 18.7. The predicted molar refractivity (Wildman–Crippen MR) is 126 cm³/mol. The molecule has 164 valence electrons. The lowest BCUT2D eigenvalue weighted by atomic mass is 10.1. The number of anilines is 1. The van der Waals surface area contributed by atoms with Gasteiger partial charge in [0.1, 0.15) is 5.75 Å². The van der Waals surface area contributed by atoms with Gasteiger partial charge in [-0.05, 0) is 55.5 Å². The molecular formula is C24H29N3O3S. The summed E-state index contributed by atoms with van der Waals surface area (Å²) in [6.07, 6.45) is 11.5. The highest BCUT2D eigenvalue weighted by Crippen LogP contribution is 2.31. The van der Waals surface area contributed by atoms with Crippen LogP contribution in [-0.2, 0) is 17.6 Å². The minimum Gasteiger partial charge on any atom is -0.494 e. The van der Waals surface area contributed by atoms with Gasteiger partial charge in [-0.25, -0.2) is 4.98 Å². The molecule has 0 bridgehead atoms. The fourth-order valence-corrected chi connectivity index (χ4v) is 4.97. The molecule has 2 N–H and O–H groups in total. The van der Waals surface area contributed by atoms with Crippen LogP contribution in [0.1, 0.15) is 48.7 Å². The molecule has 0 saturated heterocycles. The number of aliphatic carboxylic acids is 1. The van der Waals surface area contributed by atoms with Crippen LogP contribution in [0.3, 0.4) is 0 Å². The number of hydrogen-bond donors (Lipinski definition) is 2. The number of H-pyrrole nitrogens is 1. The maximum absolute atomic E-state index is 11.1. The number of carboxylic acid groups (broad SMARTS) is 1. The van der Waals surface area contributed by atoms with Gasteiger partial charge in [0.05, 0.1) is 18.7 Å². The Morgan fingerprint density at radius 1 is 1.32 bits per heavy atom. The molecule has 31 heavy (non-hydrogen) atoms. The van der Waals surface area contributed by atoms with E-state index in [1.807, 2.05) is 29.5 Å². The van der Waals surface area contributed by atoms with Crippen molar-refractivity contribution < 1.29 is 14.6 Å². The van der Waals surface area contributed by atoms with Crippen molar-refractivity contribution in [2.24, 2.45) is 0 Å². The first-order chi connectivity index (χ1) is 15.1. The van der Waals surface area contributed by atoms with E-state index in [2.05, 4.69) is 29.0 Å². The van der Waals surface area contributed by atoms with Crippen molar-refractivity contribution in [1.29, 1.82) is 0 Å². The van der Waals surface area contributed by atoms with Crippen molar-refractivity contribution in [1.82, 2.24) is 9.97 Å². The third-order valence-corrected chi connectivity index (χ3v) is 6.70. The van der Waals surface area contributed by atoms with Gasteiger partial charge in [0.2, 0.25) is 0 Å². The van der Waals surface area contributed by atoms with Crippen LogP contribution < -0.4 is 9.64 Å². The van der Waals surface area contributed by atoms with Gasteiger partial charge in [0, 0.05) is 35.1 Å². The van der Waals surface area contributed by atoms with E-state index in [0.29, 0.717) is 6.61 Å². The Morgan fingerprint density at radius 3 is 3.00 bits per heavy atom. The Morgan fingerprint density at radius 2 is 2.19 bits per heavy atom. The van der Waals surface area contributed by atoms with E-state index < -0.39 is 5.97 Å². The summed E-state index contributed by atoms with van der Waals surface area (Å²) in [4.78, 5) is 22.9. The topological polar surface area (TPSA) is 78.5 Å². The average Bonchev–Trinajstić information content (AvgIpc) is 3.37. The van der Waals surface area contributed by atoms with Gasteiger partial charge in [0.15, 0.2) is 5.13 Å². The molecule has 0 aliphatic heterocycles. The first kappa shape index (κ1) is 21.4. The summed E-state index contributed by atoms with van der Waals surface area (Å²) < 4.78 is 6.00. The van der Waals surface area contributed by atoms with E-state index in [0.717, 1.165) is 78.2 Å². The summed E-state index contributed by atoms with van der Waals surface area (Å²) in [5, 5.41) is 11.1. The molecule has 1 aromatic carbocycles. The number of hydrogen-bond acceptors (Lipinski definition) is 5. The third-order valence-electron chi connectivity index (χ3n) is 5.50. The van der Waals surface area contributed by atoms with Gasteiger partial charge in [-0.3, -0.25) is 4.79 Å². The van der Waals surface area contributed by atoms with Gasteiger partial charge in [-0.2, -0.15) is 0 Å². The number of thiazole rings is 1. The Hall–Kier alpha value is -2.80. The number of nitrogens with one attached hydrogen (secondary N) is 1. The summed E-state index contributed by atoms with van der Waals surface area (Å²) >= 11 is 1.83. The monoisotopic (exact) mass is 439 g/mol. The number of fused-ring (bicyclic) bond motifs is 2. The predicted octanol–water partition coefficient (Wildman–Crippen LogP) is 5.29. The quantitative estimate of drug-likeness (QED) is 0.397. The number of carboxylic acids is 1. The second kappa shape index (κ2) is 10.0. The van der Waals surface area contributed by atoms with E-state index in [4.69, 9.17) is 14.8 Å². The van der Waals surface area contributed by atoms with E-state index in [-0.39, 0.29) is 6.42 Å². The first-order valence-corrected chi connectivity index (χ1v) is 11.8. The molecule has 0 spiro atoms. The number of carbonyl (C=O) groups is 1. The minimum atomic E-state index is -0.834. The molecule has 6 nitrogen and oxygen atoms in total. The van der Waals surface area contributed by atoms with E-state index in [9.17, 15) is 4.79 Å². The van der Waals surface area contributed by atoms with E-state index in [1.54, 1.807) is 6.20 Å². The number of aryl methyl sites for hydroxylation is 1. The van der Waals surface area contributed by atoms with Gasteiger partial charge < -0.3 is 19.7 Å². The van der Waals surface area contributed by atoms with Crippen LogP contribution in [0, 0.1) is 0 Å².